The average molecular weight is 329 g/mol. The molecule has 5 nitrogen and oxygen atoms in total. The predicted molar refractivity (Wildman–Crippen MR) is 86.0 cm³/mol. The lowest BCUT2D eigenvalue weighted by molar-refractivity contribution is 0.0938. The lowest BCUT2D eigenvalue weighted by Gasteiger charge is -2.30. The maximum Gasteiger partial charge on any atom is 0.271 e. The van der Waals surface area contributed by atoms with E-state index in [9.17, 15) is 4.79 Å². The molecule has 1 fully saturated rings. The number of hydrogen-bond donors (Lipinski definition) is 1. The zero-order valence-corrected chi connectivity index (χ0v) is 14.0. The van der Waals surface area contributed by atoms with Gasteiger partial charge in [0.2, 0.25) is 0 Å². The van der Waals surface area contributed by atoms with Gasteiger partial charge in [0.15, 0.2) is 10.9 Å². The van der Waals surface area contributed by atoms with Crippen molar-refractivity contribution < 1.29 is 4.79 Å². The van der Waals surface area contributed by atoms with Gasteiger partial charge in [-0.3, -0.25) is 4.79 Å². The zero-order valence-electron chi connectivity index (χ0n) is 12.4. The van der Waals surface area contributed by atoms with Gasteiger partial charge in [-0.05, 0) is 38.1 Å². The molecule has 1 aromatic rings. The summed E-state index contributed by atoms with van der Waals surface area (Å²) in [7, 11) is 0. The molecule has 1 aliphatic heterocycles. The van der Waals surface area contributed by atoms with E-state index in [1.165, 1.54) is 30.8 Å². The van der Waals surface area contributed by atoms with E-state index in [2.05, 4.69) is 27.1 Å². The molecule has 7 heteroatoms. The summed E-state index contributed by atoms with van der Waals surface area (Å²) in [6.07, 6.45) is 5.81. The molecule has 1 amide bonds. The van der Waals surface area contributed by atoms with Crippen LogP contribution in [-0.4, -0.2) is 53.2 Å². The van der Waals surface area contributed by atoms with Crippen molar-refractivity contribution in [3.05, 3.63) is 16.9 Å². The molecule has 0 spiro atoms. The van der Waals surface area contributed by atoms with Crippen LogP contribution in [0.4, 0.5) is 0 Å². The van der Waals surface area contributed by atoms with Gasteiger partial charge >= 0.3 is 0 Å². The first-order chi connectivity index (χ1) is 10.1. The van der Waals surface area contributed by atoms with Crippen molar-refractivity contribution in [1.82, 2.24) is 20.2 Å². The molecule has 0 saturated carbocycles. The Balaban J connectivity index is 1.82. The summed E-state index contributed by atoms with van der Waals surface area (Å²) in [4.78, 5) is 22.7. The van der Waals surface area contributed by atoms with Crippen LogP contribution in [0.5, 0.6) is 0 Å². The standard InChI is InChI=1S/C14H21ClN4OS/c1-10-3-6-19(7-4-10)8-5-16-13(20)12-11(15)9-17-14(18-12)21-2/h9-10H,3-8H2,1-2H3,(H,16,20). The van der Waals surface area contributed by atoms with Crippen LogP contribution in [0.2, 0.25) is 5.02 Å². The lowest BCUT2D eigenvalue weighted by Crippen LogP contribution is -2.39. The fourth-order valence-electron chi connectivity index (χ4n) is 2.31. The van der Waals surface area contributed by atoms with Gasteiger partial charge in [-0.15, -0.1) is 0 Å². The second-order valence-electron chi connectivity index (χ2n) is 5.33. The van der Waals surface area contributed by atoms with Gasteiger partial charge in [0.25, 0.3) is 5.91 Å². The zero-order chi connectivity index (χ0) is 15.2. The summed E-state index contributed by atoms with van der Waals surface area (Å²) in [6.45, 7) is 6.00. The summed E-state index contributed by atoms with van der Waals surface area (Å²) < 4.78 is 0. The first kappa shape index (κ1) is 16.5. The molecular weight excluding hydrogens is 308 g/mol. The van der Waals surface area contributed by atoms with Crippen molar-refractivity contribution in [3.63, 3.8) is 0 Å². The Morgan fingerprint density at radius 1 is 1.52 bits per heavy atom. The molecular formula is C14H21ClN4OS. The van der Waals surface area contributed by atoms with Crippen molar-refractivity contribution >= 4 is 29.3 Å². The normalized spacial score (nSPS) is 16.9. The molecule has 0 aromatic carbocycles. The molecule has 0 radical (unpaired) electrons. The van der Waals surface area contributed by atoms with E-state index < -0.39 is 0 Å². The summed E-state index contributed by atoms with van der Waals surface area (Å²) >= 11 is 7.37. The lowest BCUT2D eigenvalue weighted by atomic mass is 9.99. The minimum absolute atomic E-state index is 0.233. The molecule has 116 valence electrons. The van der Waals surface area contributed by atoms with Gasteiger partial charge in [0, 0.05) is 13.1 Å². The highest BCUT2D eigenvalue weighted by molar-refractivity contribution is 7.98. The SMILES string of the molecule is CSc1ncc(Cl)c(C(=O)NCCN2CCC(C)CC2)n1. The molecule has 1 aliphatic rings. The van der Waals surface area contributed by atoms with E-state index in [4.69, 9.17) is 11.6 Å². The van der Waals surface area contributed by atoms with Crippen molar-refractivity contribution in [2.24, 2.45) is 5.92 Å². The number of carbonyl (C=O) groups is 1. The number of aromatic nitrogens is 2. The predicted octanol–water partition coefficient (Wildman–Crippen LogP) is 2.31. The van der Waals surface area contributed by atoms with Crippen molar-refractivity contribution in [3.8, 4) is 0 Å². The summed E-state index contributed by atoms with van der Waals surface area (Å²) in [5.74, 6) is 0.587. The monoisotopic (exact) mass is 328 g/mol. The summed E-state index contributed by atoms with van der Waals surface area (Å²) in [6, 6.07) is 0. The van der Waals surface area contributed by atoms with E-state index in [0.717, 1.165) is 25.6 Å². The fourth-order valence-corrected chi connectivity index (χ4v) is 2.82. The highest BCUT2D eigenvalue weighted by Crippen LogP contribution is 2.17. The number of piperidine rings is 1. The van der Waals surface area contributed by atoms with Gasteiger partial charge < -0.3 is 10.2 Å². The largest absolute Gasteiger partial charge is 0.349 e. The van der Waals surface area contributed by atoms with Crippen LogP contribution in [0.3, 0.4) is 0 Å². The number of thioether (sulfide) groups is 1. The van der Waals surface area contributed by atoms with Crippen LogP contribution in [-0.2, 0) is 0 Å². The van der Waals surface area contributed by atoms with Gasteiger partial charge in [-0.25, -0.2) is 9.97 Å². The van der Waals surface area contributed by atoms with E-state index in [0.29, 0.717) is 11.7 Å². The number of nitrogens with one attached hydrogen (secondary N) is 1. The number of hydrogen-bond acceptors (Lipinski definition) is 5. The van der Waals surface area contributed by atoms with E-state index in [-0.39, 0.29) is 16.6 Å². The fraction of sp³-hybridized carbons (Fsp3) is 0.643. The highest BCUT2D eigenvalue weighted by Gasteiger charge is 2.17. The van der Waals surface area contributed by atoms with Gasteiger partial charge in [-0.2, -0.15) is 0 Å². The number of carbonyl (C=O) groups excluding carboxylic acids is 1. The smallest absolute Gasteiger partial charge is 0.271 e. The van der Waals surface area contributed by atoms with E-state index in [1.807, 2.05) is 6.26 Å². The van der Waals surface area contributed by atoms with Gasteiger partial charge in [-0.1, -0.05) is 30.3 Å². The highest BCUT2D eigenvalue weighted by atomic mass is 35.5. The third-order valence-corrected chi connectivity index (χ3v) is 4.55. The maximum absolute atomic E-state index is 12.1. The molecule has 1 saturated heterocycles. The number of likely N-dealkylation sites (tertiary alicyclic amines) is 1. The molecule has 2 heterocycles. The Bertz CT molecular complexity index is 492. The Kier molecular flexibility index (Phi) is 6.26. The second-order valence-corrected chi connectivity index (χ2v) is 6.51. The molecule has 0 bridgehead atoms. The Morgan fingerprint density at radius 2 is 2.24 bits per heavy atom. The molecule has 0 aliphatic carbocycles. The first-order valence-corrected chi connectivity index (χ1v) is 8.77. The maximum atomic E-state index is 12.1. The Hall–Kier alpha value is -0.850. The van der Waals surface area contributed by atoms with Crippen LogP contribution < -0.4 is 5.32 Å². The Morgan fingerprint density at radius 3 is 2.90 bits per heavy atom. The van der Waals surface area contributed by atoms with Gasteiger partial charge in [0.05, 0.1) is 11.2 Å². The number of halogens is 1. The van der Waals surface area contributed by atoms with Crippen molar-refractivity contribution in [2.45, 2.75) is 24.9 Å². The topological polar surface area (TPSA) is 58.1 Å². The molecule has 0 atom stereocenters. The van der Waals surface area contributed by atoms with Crippen LogP contribution >= 0.6 is 23.4 Å². The van der Waals surface area contributed by atoms with Crippen molar-refractivity contribution in [1.29, 1.82) is 0 Å². The summed E-state index contributed by atoms with van der Waals surface area (Å²) in [5, 5.41) is 3.72. The summed E-state index contributed by atoms with van der Waals surface area (Å²) in [5.41, 5.74) is 0.253. The first-order valence-electron chi connectivity index (χ1n) is 7.17. The second kappa shape index (κ2) is 7.96. The molecule has 0 unspecified atom stereocenters. The number of amides is 1. The van der Waals surface area contributed by atoms with Gasteiger partial charge in [0.1, 0.15) is 0 Å². The molecule has 1 N–H and O–H groups in total. The van der Waals surface area contributed by atoms with E-state index >= 15 is 0 Å². The molecule has 21 heavy (non-hydrogen) atoms. The van der Waals surface area contributed by atoms with Crippen LogP contribution in [0.1, 0.15) is 30.3 Å². The Labute approximate surface area is 134 Å². The quantitative estimate of drug-likeness (QED) is 0.664. The van der Waals surface area contributed by atoms with Crippen LogP contribution in [0, 0.1) is 5.92 Å². The van der Waals surface area contributed by atoms with Crippen molar-refractivity contribution in [2.75, 3.05) is 32.4 Å². The third kappa shape index (κ3) is 4.83. The third-order valence-electron chi connectivity index (χ3n) is 3.71. The average Bonchev–Trinajstić information content (AvgIpc) is 2.49. The molecule has 2 rings (SSSR count). The minimum atomic E-state index is -0.233. The molecule has 1 aromatic heterocycles. The van der Waals surface area contributed by atoms with E-state index in [1.54, 1.807) is 0 Å². The minimum Gasteiger partial charge on any atom is -0.349 e. The van der Waals surface area contributed by atoms with Crippen LogP contribution in [0.25, 0.3) is 0 Å². The van der Waals surface area contributed by atoms with Crippen LogP contribution in [0.15, 0.2) is 11.4 Å². The number of rotatable bonds is 5. The number of nitrogens with zero attached hydrogens (tertiary/aromatic N) is 3.